The molecule has 0 radical (unpaired) electrons. The highest BCUT2D eigenvalue weighted by molar-refractivity contribution is 5.14. The molecule has 2 nitrogen and oxygen atoms in total. The fourth-order valence-electron chi connectivity index (χ4n) is 2.27. The van der Waals surface area contributed by atoms with Crippen LogP contribution in [0.5, 0.6) is 0 Å². The second-order valence-electron chi connectivity index (χ2n) is 4.61. The van der Waals surface area contributed by atoms with Gasteiger partial charge in [-0.1, -0.05) is 30.3 Å². The van der Waals surface area contributed by atoms with Gasteiger partial charge in [-0.15, -0.1) is 0 Å². The van der Waals surface area contributed by atoms with Crippen molar-refractivity contribution in [1.82, 2.24) is 9.80 Å². The van der Waals surface area contributed by atoms with Crippen molar-refractivity contribution in [3.05, 3.63) is 35.9 Å². The van der Waals surface area contributed by atoms with E-state index in [4.69, 9.17) is 0 Å². The Labute approximate surface area is 92.5 Å². The summed E-state index contributed by atoms with van der Waals surface area (Å²) in [5, 5.41) is 0. The smallest absolute Gasteiger partial charge is 0.0235 e. The zero-order valence-electron chi connectivity index (χ0n) is 9.69. The minimum absolute atomic E-state index is 0.732. The first kappa shape index (κ1) is 10.7. The van der Waals surface area contributed by atoms with Crippen LogP contribution in [0.2, 0.25) is 0 Å². The van der Waals surface area contributed by atoms with Crippen LogP contribution in [-0.4, -0.2) is 43.0 Å². The summed E-state index contributed by atoms with van der Waals surface area (Å²) in [6, 6.07) is 11.4. The molecule has 1 aliphatic heterocycles. The zero-order chi connectivity index (χ0) is 10.7. The van der Waals surface area contributed by atoms with E-state index in [0.717, 1.165) is 12.6 Å². The molecule has 1 aliphatic rings. The monoisotopic (exact) mass is 204 g/mol. The first-order valence-electron chi connectivity index (χ1n) is 5.68. The van der Waals surface area contributed by atoms with Crippen molar-refractivity contribution >= 4 is 0 Å². The Kier molecular flexibility index (Phi) is 3.39. The third-order valence-corrected chi connectivity index (χ3v) is 3.26. The lowest BCUT2D eigenvalue weighted by atomic mass is 10.1. The van der Waals surface area contributed by atoms with E-state index in [2.05, 4.69) is 54.2 Å². The van der Waals surface area contributed by atoms with E-state index in [0.29, 0.717) is 0 Å². The van der Waals surface area contributed by atoms with Crippen molar-refractivity contribution in [2.75, 3.05) is 27.2 Å². The van der Waals surface area contributed by atoms with Crippen LogP contribution in [0.3, 0.4) is 0 Å². The number of likely N-dealkylation sites (tertiary alicyclic amines) is 1. The van der Waals surface area contributed by atoms with Gasteiger partial charge in [0.2, 0.25) is 0 Å². The summed E-state index contributed by atoms with van der Waals surface area (Å²) < 4.78 is 0. The summed E-state index contributed by atoms with van der Waals surface area (Å²) in [7, 11) is 4.44. The van der Waals surface area contributed by atoms with Crippen LogP contribution in [0.4, 0.5) is 0 Å². The Hall–Kier alpha value is -0.860. The molecule has 82 valence electrons. The lowest BCUT2D eigenvalue weighted by Crippen LogP contribution is -2.33. The minimum Gasteiger partial charge on any atom is -0.305 e. The molecule has 0 saturated carbocycles. The van der Waals surface area contributed by atoms with Gasteiger partial charge in [0, 0.05) is 19.1 Å². The van der Waals surface area contributed by atoms with Gasteiger partial charge in [-0.3, -0.25) is 4.90 Å². The maximum atomic E-state index is 2.47. The Bertz CT molecular complexity index is 297. The van der Waals surface area contributed by atoms with Crippen molar-refractivity contribution in [2.24, 2.45) is 0 Å². The number of benzene rings is 1. The summed E-state index contributed by atoms with van der Waals surface area (Å²) in [6.07, 6.45) is 1.31. The van der Waals surface area contributed by atoms with Crippen LogP contribution in [0.25, 0.3) is 0 Å². The van der Waals surface area contributed by atoms with Crippen LogP contribution in [-0.2, 0) is 6.54 Å². The number of likely N-dealkylation sites (N-methyl/N-ethyl adjacent to an activating group) is 2. The first-order valence-corrected chi connectivity index (χ1v) is 5.68. The predicted octanol–water partition coefficient (Wildman–Crippen LogP) is 1.82. The first-order chi connectivity index (χ1) is 7.25. The summed E-state index contributed by atoms with van der Waals surface area (Å²) in [6.45, 7) is 3.52. The van der Waals surface area contributed by atoms with Crippen LogP contribution < -0.4 is 0 Å². The van der Waals surface area contributed by atoms with Gasteiger partial charge in [0.25, 0.3) is 0 Å². The fourth-order valence-corrected chi connectivity index (χ4v) is 2.27. The maximum Gasteiger partial charge on any atom is 0.0235 e. The molecule has 1 heterocycles. The lowest BCUT2D eigenvalue weighted by molar-refractivity contribution is 0.234. The molecule has 0 spiro atoms. The molecule has 15 heavy (non-hydrogen) atoms. The molecule has 1 aromatic carbocycles. The molecule has 2 rings (SSSR count). The van der Waals surface area contributed by atoms with Crippen LogP contribution >= 0.6 is 0 Å². The molecule has 1 aromatic rings. The molecule has 0 N–H and O–H groups in total. The molecular formula is C13H20N2. The molecule has 0 aliphatic carbocycles. The van der Waals surface area contributed by atoms with Crippen LogP contribution in [0, 0.1) is 0 Å². The molecule has 0 aromatic heterocycles. The summed E-state index contributed by atoms with van der Waals surface area (Å²) in [4.78, 5) is 4.88. The number of hydrogen-bond acceptors (Lipinski definition) is 2. The van der Waals surface area contributed by atoms with E-state index in [-0.39, 0.29) is 0 Å². The second-order valence-corrected chi connectivity index (χ2v) is 4.61. The summed E-state index contributed by atoms with van der Waals surface area (Å²) in [5.74, 6) is 0. The van der Waals surface area contributed by atoms with Gasteiger partial charge >= 0.3 is 0 Å². The van der Waals surface area contributed by atoms with E-state index in [1.54, 1.807) is 0 Å². The van der Waals surface area contributed by atoms with Crippen LogP contribution in [0.15, 0.2) is 30.3 Å². The highest BCUT2D eigenvalue weighted by Gasteiger charge is 2.22. The summed E-state index contributed by atoms with van der Waals surface area (Å²) in [5.41, 5.74) is 1.41. The lowest BCUT2D eigenvalue weighted by Gasteiger charge is -2.24. The average Bonchev–Trinajstić information content (AvgIpc) is 2.66. The molecule has 1 unspecified atom stereocenters. The number of hydrogen-bond donors (Lipinski definition) is 0. The van der Waals surface area contributed by atoms with E-state index in [1.807, 2.05) is 0 Å². The fraction of sp³-hybridized carbons (Fsp3) is 0.538. The van der Waals surface area contributed by atoms with Crippen molar-refractivity contribution in [3.8, 4) is 0 Å². The van der Waals surface area contributed by atoms with E-state index in [9.17, 15) is 0 Å². The molecule has 1 fully saturated rings. The Balaban J connectivity index is 1.90. The average molecular weight is 204 g/mol. The van der Waals surface area contributed by atoms with E-state index in [1.165, 1.54) is 25.1 Å². The third-order valence-electron chi connectivity index (χ3n) is 3.26. The molecule has 1 saturated heterocycles. The molecular weight excluding hydrogens is 184 g/mol. The topological polar surface area (TPSA) is 6.48 Å². The quantitative estimate of drug-likeness (QED) is 0.741. The van der Waals surface area contributed by atoms with Crippen LogP contribution in [0.1, 0.15) is 12.0 Å². The Morgan fingerprint density at radius 1 is 1.33 bits per heavy atom. The van der Waals surface area contributed by atoms with E-state index < -0.39 is 0 Å². The molecule has 0 amide bonds. The highest BCUT2D eigenvalue weighted by atomic mass is 15.2. The van der Waals surface area contributed by atoms with E-state index >= 15 is 0 Å². The number of nitrogens with zero attached hydrogens (tertiary/aromatic N) is 2. The van der Waals surface area contributed by atoms with Gasteiger partial charge in [0.15, 0.2) is 0 Å². The maximum absolute atomic E-state index is 2.47. The zero-order valence-corrected chi connectivity index (χ0v) is 9.69. The van der Waals surface area contributed by atoms with Gasteiger partial charge in [-0.05, 0) is 32.6 Å². The van der Waals surface area contributed by atoms with Gasteiger partial charge in [-0.2, -0.15) is 0 Å². The van der Waals surface area contributed by atoms with Gasteiger partial charge in [0.1, 0.15) is 0 Å². The van der Waals surface area contributed by atoms with Crippen molar-refractivity contribution in [3.63, 3.8) is 0 Å². The van der Waals surface area contributed by atoms with Gasteiger partial charge < -0.3 is 4.90 Å². The van der Waals surface area contributed by atoms with Gasteiger partial charge in [-0.25, -0.2) is 0 Å². The van der Waals surface area contributed by atoms with Crippen molar-refractivity contribution in [1.29, 1.82) is 0 Å². The normalized spacial score (nSPS) is 22.5. The molecule has 1 atom stereocenters. The van der Waals surface area contributed by atoms with Gasteiger partial charge in [0.05, 0.1) is 0 Å². The molecule has 2 heteroatoms. The highest BCUT2D eigenvalue weighted by Crippen LogP contribution is 2.14. The second kappa shape index (κ2) is 4.77. The minimum atomic E-state index is 0.732. The van der Waals surface area contributed by atoms with Crippen molar-refractivity contribution in [2.45, 2.75) is 19.0 Å². The number of rotatable bonds is 3. The molecule has 0 bridgehead atoms. The Morgan fingerprint density at radius 2 is 2.07 bits per heavy atom. The third kappa shape index (κ3) is 2.80. The predicted molar refractivity (Wildman–Crippen MR) is 63.8 cm³/mol. The largest absolute Gasteiger partial charge is 0.305 e. The summed E-state index contributed by atoms with van der Waals surface area (Å²) >= 11 is 0. The SMILES string of the molecule is CN1CCC(N(C)Cc2ccccc2)C1. The van der Waals surface area contributed by atoms with Crippen molar-refractivity contribution < 1.29 is 0 Å². The Morgan fingerprint density at radius 3 is 2.67 bits per heavy atom. The standard InChI is InChI=1S/C13H20N2/c1-14-9-8-13(11-14)15(2)10-12-6-4-3-5-7-12/h3-7,13H,8-11H2,1-2H3.